The smallest absolute Gasteiger partial charge is 0.322 e. The van der Waals surface area contributed by atoms with Crippen LogP contribution in [-0.2, 0) is 4.79 Å². The van der Waals surface area contributed by atoms with Gasteiger partial charge in [0.15, 0.2) is 0 Å². The van der Waals surface area contributed by atoms with Crippen molar-refractivity contribution in [2.75, 3.05) is 20.1 Å². The number of nitro benzene ring substituents is 1. The Labute approximate surface area is 145 Å². The molecule has 0 unspecified atom stereocenters. The number of unbranched alkanes of at least 4 members (excludes halogenated alkanes) is 1. The third kappa shape index (κ3) is 2.95. The van der Waals surface area contributed by atoms with Crippen LogP contribution in [0.15, 0.2) is 35.5 Å². The molecule has 0 aromatic heterocycles. The van der Waals surface area contributed by atoms with E-state index in [1.54, 1.807) is 24.1 Å². The Balaban J connectivity index is 1.95. The Morgan fingerprint density at radius 3 is 2.56 bits per heavy atom. The minimum atomic E-state index is -0.585. The van der Waals surface area contributed by atoms with Gasteiger partial charge in [0.05, 0.1) is 28.8 Å². The summed E-state index contributed by atoms with van der Waals surface area (Å²) in [6, 6.07) is 5.07. The third-order valence-electron chi connectivity index (χ3n) is 4.65. The summed E-state index contributed by atoms with van der Waals surface area (Å²) in [5.74, 6) is -0.0846. The second kappa shape index (κ2) is 6.54. The Kier molecular flexibility index (Phi) is 4.43. The summed E-state index contributed by atoms with van der Waals surface area (Å²) >= 11 is 0. The maximum absolute atomic E-state index is 12.8. The fourth-order valence-electron chi connectivity index (χ4n) is 3.19. The first kappa shape index (κ1) is 16.9. The van der Waals surface area contributed by atoms with Gasteiger partial charge in [0.2, 0.25) is 0 Å². The molecule has 1 aromatic carbocycles. The van der Waals surface area contributed by atoms with Crippen LogP contribution in [0.3, 0.4) is 0 Å². The number of likely N-dealkylation sites (N-methyl/N-ethyl adjacent to an activating group) is 1. The second-order valence-electron chi connectivity index (χ2n) is 6.23. The lowest BCUT2D eigenvalue weighted by molar-refractivity contribution is -0.384. The Bertz CT molecular complexity index is 756. The number of hydrogen-bond donors (Lipinski definition) is 1. The molecule has 3 amide bonds. The van der Waals surface area contributed by atoms with Crippen LogP contribution in [0.4, 0.5) is 10.5 Å². The monoisotopic (exact) mass is 344 g/mol. The molecule has 0 fully saturated rings. The van der Waals surface area contributed by atoms with Crippen LogP contribution in [0, 0.1) is 10.1 Å². The van der Waals surface area contributed by atoms with Crippen molar-refractivity contribution in [1.29, 1.82) is 0 Å². The maximum atomic E-state index is 12.8. The van der Waals surface area contributed by atoms with Crippen LogP contribution in [0.25, 0.3) is 0 Å². The largest absolute Gasteiger partial charge is 0.333 e. The summed E-state index contributed by atoms with van der Waals surface area (Å²) < 4.78 is 0. The predicted molar refractivity (Wildman–Crippen MR) is 90.6 cm³/mol. The quantitative estimate of drug-likeness (QED) is 0.654. The number of carbonyl (C=O) groups is 2. The molecule has 1 N–H and O–H groups in total. The van der Waals surface area contributed by atoms with Crippen molar-refractivity contribution in [2.24, 2.45) is 0 Å². The molecule has 8 heteroatoms. The fourth-order valence-corrected chi connectivity index (χ4v) is 3.19. The van der Waals surface area contributed by atoms with E-state index in [1.807, 2.05) is 0 Å². The van der Waals surface area contributed by atoms with E-state index in [-0.39, 0.29) is 17.6 Å². The van der Waals surface area contributed by atoms with Gasteiger partial charge in [0, 0.05) is 25.7 Å². The van der Waals surface area contributed by atoms with Crippen molar-refractivity contribution in [1.82, 2.24) is 15.1 Å². The number of benzene rings is 1. The standard InChI is InChI=1S/C17H20N4O4/c1-3-4-9-20-10-13-14(16(20)22)15(18-17(23)19(13)2)11-5-7-12(8-6-11)21(24)25/h5-8,15H,3-4,9-10H2,1-2H3,(H,18,23)/t15-/m0/s1. The van der Waals surface area contributed by atoms with Crippen LogP contribution in [-0.4, -0.2) is 46.8 Å². The van der Waals surface area contributed by atoms with Gasteiger partial charge in [0.25, 0.3) is 11.6 Å². The molecule has 25 heavy (non-hydrogen) atoms. The van der Waals surface area contributed by atoms with Gasteiger partial charge in [-0.05, 0) is 24.1 Å². The number of non-ortho nitro benzene ring substituents is 1. The number of carbonyl (C=O) groups excluding carboxylic acids is 2. The van der Waals surface area contributed by atoms with E-state index in [9.17, 15) is 19.7 Å². The van der Waals surface area contributed by atoms with Gasteiger partial charge in [-0.3, -0.25) is 19.8 Å². The molecule has 0 radical (unpaired) electrons. The van der Waals surface area contributed by atoms with E-state index in [1.165, 1.54) is 17.0 Å². The van der Waals surface area contributed by atoms with E-state index >= 15 is 0 Å². The van der Waals surface area contributed by atoms with Gasteiger partial charge < -0.3 is 10.2 Å². The van der Waals surface area contributed by atoms with Crippen molar-refractivity contribution in [3.63, 3.8) is 0 Å². The van der Waals surface area contributed by atoms with E-state index in [2.05, 4.69) is 12.2 Å². The van der Waals surface area contributed by atoms with Crippen LogP contribution in [0.5, 0.6) is 0 Å². The van der Waals surface area contributed by atoms with Gasteiger partial charge in [0.1, 0.15) is 0 Å². The SMILES string of the molecule is CCCCN1CC2=C(C1=O)[C@H](c1ccc([N+](=O)[O-])cc1)NC(=O)N2C. The normalized spacial score (nSPS) is 20.0. The summed E-state index contributed by atoms with van der Waals surface area (Å²) in [5.41, 5.74) is 1.88. The highest BCUT2D eigenvalue weighted by atomic mass is 16.6. The Morgan fingerprint density at radius 1 is 1.28 bits per heavy atom. The fraction of sp³-hybridized carbons (Fsp3) is 0.412. The number of nitrogens with zero attached hydrogens (tertiary/aromatic N) is 3. The lowest BCUT2D eigenvalue weighted by atomic mass is 9.95. The minimum absolute atomic E-state index is 0.0282. The summed E-state index contributed by atoms with van der Waals surface area (Å²) in [7, 11) is 1.65. The van der Waals surface area contributed by atoms with Gasteiger partial charge in [-0.15, -0.1) is 0 Å². The Morgan fingerprint density at radius 2 is 1.96 bits per heavy atom. The molecule has 1 aromatic rings. The van der Waals surface area contributed by atoms with E-state index in [0.717, 1.165) is 12.8 Å². The molecule has 0 bridgehead atoms. The van der Waals surface area contributed by atoms with Crippen LogP contribution < -0.4 is 5.32 Å². The van der Waals surface area contributed by atoms with E-state index < -0.39 is 11.0 Å². The molecule has 3 rings (SSSR count). The second-order valence-corrected chi connectivity index (χ2v) is 6.23. The zero-order valence-electron chi connectivity index (χ0n) is 14.2. The van der Waals surface area contributed by atoms with E-state index in [0.29, 0.717) is 29.9 Å². The number of urea groups is 1. The zero-order chi connectivity index (χ0) is 18.1. The molecular formula is C17H20N4O4. The highest BCUT2D eigenvalue weighted by Gasteiger charge is 2.42. The molecule has 0 saturated heterocycles. The van der Waals surface area contributed by atoms with Crippen molar-refractivity contribution in [3.05, 3.63) is 51.2 Å². The lowest BCUT2D eigenvalue weighted by Crippen LogP contribution is -2.45. The molecule has 132 valence electrons. The van der Waals surface area contributed by atoms with Crippen molar-refractivity contribution in [2.45, 2.75) is 25.8 Å². The molecule has 0 spiro atoms. The minimum Gasteiger partial charge on any atom is -0.333 e. The first-order valence-electron chi connectivity index (χ1n) is 8.25. The zero-order valence-corrected chi connectivity index (χ0v) is 14.2. The molecule has 0 saturated carbocycles. The van der Waals surface area contributed by atoms with Gasteiger partial charge >= 0.3 is 6.03 Å². The van der Waals surface area contributed by atoms with Crippen LogP contribution in [0.1, 0.15) is 31.4 Å². The first-order chi connectivity index (χ1) is 11.9. The highest BCUT2D eigenvalue weighted by molar-refractivity contribution is 6.01. The number of nitrogens with one attached hydrogen (secondary N) is 1. The third-order valence-corrected chi connectivity index (χ3v) is 4.65. The highest BCUT2D eigenvalue weighted by Crippen LogP contribution is 2.36. The average molecular weight is 344 g/mol. The van der Waals surface area contributed by atoms with E-state index in [4.69, 9.17) is 0 Å². The summed E-state index contributed by atoms with van der Waals surface area (Å²) in [6.07, 6.45) is 1.88. The van der Waals surface area contributed by atoms with Crippen molar-refractivity contribution >= 4 is 17.6 Å². The summed E-state index contributed by atoms with van der Waals surface area (Å²) in [4.78, 5) is 38.7. The maximum Gasteiger partial charge on any atom is 0.322 e. The number of nitro groups is 1. The van der Waals surface area contributed by atoms with Crippen LogP contribution >= 0.6 is 0 Å². The van der Waals surface area contributed by atoms with Crippen molar-refractivity contribution in [3.8, 4) is 0 Å². The number of amides is 3. The summed E-state index contributed by atoms with van der Waals surface area (Å²) in [5, 5.41) is 13.6. The van der Waals surface area contributed by atoms with Gasteiger partial charge in [-0.2, -0.15) is 0 Å². The number of hydrogen-bond acceptors (Lipinski definition) is 4. The summed E-state index contributed by atoms with van der Waals surface area (Å²) in [6.45, 7) is 3.13. The van der Waals surface area contributed by atoms with Gasteiger partial charge in [-0.25, -0.2) is 4.79 Å². The molecular weight excluding hydrogens is 324 g/mol. The van der Waals surface area contributed by atoms with Crippen molar-refractivity contribution < 1.29 is 14.5 Å². The lowest BCUT2D eigenvalue weighted by Gasteiger charge is -2.31. The van der Waals surface area contributed by atoms with Gasteiger partial charge in [-0.1, -0.05) is 13.3 Å². The molecule has 1 atom stereocenters. The molecule has 0 aliphatic carbocycles. The Hall–Kier alpha value is -2.90. The first-order valence-corrected chi connectivity index (χ1v) is 8.25. The average Bonchev–Trinajstić information content (AvgIpc) is 2.93. The van der Waals surface area contributed by atoms with Crippen LogP contribution in [0.2, 0.25) is 0 Å². The topological polar surface area (TPSA) is 95.8 Å². The molecule has 8 nitrogen and oxygen atoms in total. The molecule has 2 aliphatic rings. The molecule has 2 aliphatic heterocycles. The number of rotatable bonds is 5. The predicted octanol–water partition coefficient (Wildman–Crippen LogP) is 2.19. The molecule has 2 heterocycles.